The van der Waals surface area contributed by atoms with Crippen LogP contribution in [0.25, 0.3) is 0 Å². The molecule has 4 aliphatic rings. The largest absolute Gasteiger partial charge is 0.365 e. The van der Waals surface area contributed by atoms with Crippen molar-refractivity contribution in [2.75, 3.05) is 11.9 Å². The van der Waals surface area contributed by atoms with Gasteiger partial charge in [0, 0.05) is 31.2 Å². The van der Waals surface area contributed by atoms with Gasteiger partial charge in [-0.25, -0.2) is 4.48 Å². The first kappa shape index (κ1) is 14.6. The van der Waals surface area contributed by atoms with Gasteiger partial charge in [-0.1, -0.05) is 0 Å². The topological polar surface area (TPSA) is 101 Å². The molecule has 0 aromatic carbocycles. The highest BCUT2D eigenvalue weighted by molar-refractivity contribution is 5.97. The standard InChI is InChI=1S/C17H23N5O2/c1-15(3-2-4-15)21-13-11(12(18)23)9-19-14(20-13)22-10-16(22)5-7-17(22,24)8-6-16/h9,24H,2-8,10H2,1H3,(H2-,18,19,20,21,23)/p+1. The molecule has 1 aromatic heterocycles. The molecule has 1 amide bonds. The Kier molecular flexibility index (Phi) is 2.48. The molecular formula is C17H24N5O2+. The third-order valence-electron chi connectivity index (χ3n) is 7.19. The van der Waals surface area contributed by atoms with E-state index in [0.29, 0.717) is 21.8 Å². The van der Waals surface area contributed by atoms with Gasteiger partial charge in [-0.15, -0.1) is 0 Å². The number of carbonyl (C=O) groups excluding carboxylic acids is 1. The van der Waals surface area contributed by atoms with Crippen molar-refractivity contribution in [3.05, 3.63) is 11.8 Å². The summed E-state index contributed by atoms with van der Waals surface area (Å²) in [6.07, 6.45) is 8.51. The molecule has 1 aliphatic carbocycles. The van der Waals surface area contributed by atoms with Crippen LogP contribution in [-0.4, -0.2) is 44.3 Å². The summed E-state index contributed by atoms with van der Waals surface area (Å²) in [4.78, 5) is 21.0. The number of hydrogen-bond donors (Lipinski definition) is 3. The van der Waals surface area contributed by atoms with Gasteiger partial charge >= 0.3 is 5.95 Å². The highest BCUT2D eigenvalue weighted by atomic mass is 16.3. The first-order valence-corrected chi connectivity index (χ1v) is 8.90. The fourth-order valence-corrected chi connectivity index (χ4v) is 5.45. The number of rotatable bonds is 4. The SMILES string of the molecule is CC1(Nc2nc([N+]34CC35CCC4(O)CC5)ncc2C(N)=O)CCC1. The Balaban J connectivity index is 1.58. The minimum atomic E-state index is -0.730. The zero-order chi connectivity index (χ0) is 16.8. The van der Waals surface area contributed by atoms with Crippen LogP contribution in [-0.2, 0) is 0 Å². The lowest BCUT2D eigenvalue weighted by molar-refractivity contribution is -0.0313. The summed E-state index contributed by atoms with van der Waals surface area (Å²) >= 11 is 0. The number of primary amides is 1. The molecule has 24 heavy (non-hydrogen) atoms. The van der Waals surface area contributed by atoms with Crippen molar-refractivity contribution in [3.63, 3.8) is 0 Å². The number of amides is 1. The van der Waals surface area contributed by atoms with Crippen LogP contribution in [0, 0.1) is 0 Å². The second-order valence-corrected chi connectivity index (χ2v) is 8.51. The van der Waals surface area contributed by atoms with Crippen LogP contribution >= 0.6 is 0 Å². The van der Waals surface area contributed by atoms with Crippen molar-refractivity contribution in [1.29, 1.82) is 0 Å². The van der Waals surface area contributed by atoms with Gasteiger partial charge in [0.2, 0.25) is 5.72 Å². The van der Waals surface area contributed by atoms with E-state index in [1.807, 2.05) is 0 Å². The van der Waals surface area contributed by atoms with E-state index in [0.717, 1.165) is 45.1 Å². The van der Waals surface area contributed by atoms with E-state index in [1.165, 1.54) is 12.6 Å². The fraction of sp³-hybridized carbons (Fsp3) is 0.706. The monoisotopic (exact) mass is 330 g/mol. The lowest BCUT2D eigenvalue weighted by Crippen LogP contribution is -2.49. The van der Waals surface area contributed by atoms with E-state index < -0.39 is 11.6 Å². The Morgan fingerprint density at radius 1 is 1.29 bits per heavy atom. The van der Waals surface area contributed by atoms with E-state index in [1.54, 1.807) is 0 Å². The molecule has 3 saturated heterocycles. The molecule has 4 N–H and O–H groups in total. The number of anilines is 1. The summed E-state index contributed by atoms with van der Waals surface area (Å²) in [5, 5.41) is 14.5. The third kappa shape index (κ3) is 1.52. The van der Waals surface area contributed by atoms with Crippen LogP contribution in [0.3, 0.4) is 0 Å². The number of piperidine rings is 2. The Labute approximate surface area is 140 Å². The van der Waals surface area contributed by atoms with Gasteiger partial charge in [-0.3, -0.25) is 4.79 Å². The Morgan fingerprint density at radius 3 is 2.46 bits per heavy atom. The molecule has 1 atom stereocenters. The van der Waals surface area contributed by atoms with Crippen LogP contribution < -0.4 is 15.5 Å². The van der Waals surface area contributed by atoms with Gasteiger partial charge in [0.1, 0.15) is 17.9 Å². The van der Waals surface area contributed by atoms with Crippen molar-refractivity contribution >= 4 is 17.7 Å². The summed E-state index contributed by atoms with van der Waals surface area (Å²) in [5.41, 5.74) is 5.21. The number of hydrogen-bond acceptors (Lipinski definition) is 5. The molecule has 4 heterocycles. The van der Waals surface area contributed by atoms with E-state index in [4.69, 9.17) is 10.7 Å². The smallest absolute Gasteiger partial charge is 0.334 e. The van der Waals surface area contributed by atoms with Gasteiger partial charge in [-0.2, -0.15) is 9.97 Å². The van der Waals surface area contributed by atoms with Crippen molar-refractivity contribution in [3.8, 4) is 0 Å². The van der Waals surface area contributed by atoms with Gasteiger partial charge in [0.25, 0.3) is 5.91 Å². The minimum Gasteiger partial charge on any atom is -0.365 e. The molecule has 1 saturated carbocycles. The number of nitrogens with zero attached hydrogens (tertiary/aromatic N) is 3. The molecular weight excluding hydrogens is 306 g/mol. The Morgan fingerprint density at radius 2 is 2.00 bits per heavy atom. The number of quaternary nitrogens is 1. The van der Waals surface area contributed by atoms with E-state index >= 15 is 0 Å². The second-order valence-electron chi connectivity index (χ2n) is 8.51. The Bertz CT molecular complexity index is 751. The van der Waals surface area contributed by atoms with Crippen LogP contribution in [0.4, 0.5) is 11.8 Å². The molecule has 0 radical (unpaired) electrons. The normalized spacial score (nSPS) is 40.8. The molecule has 0 spiro atoms. The highest BCUT2D eigenvalue weighted by Crippen LogP contribution is 2.69. The summed E-state index contributed by atoms with van der Waals surface area (Å²) in [6.45, 7) is 3.05. The van der Waals surface area contributed by atoms with Crippen molar-refractivity contribution < 1.29 is 9.90 Å². The van der Waals surface area contributed by atoms with Gasteiger partial charge < -0.3 is 16.2 Å². The molecule has 128 valence electrons. The molecule has 1 aromatic rings. The lowest BCUT2D eigenvalue weighted by Gasteiger charge is -2.40. The maximum Gasteiger partial charge on any atom is 0.334 e. The van der Waals surface area contributed by atoms with Crippen molar-refractivity contribution in [2.24, 2.45) is 5.73 Å². The highest BCUT2D eigenvalue weighted by Gasteiger charge is 2.88. The number of aromatic nitrogens is 2. The molecule has 2 bridgehead atoms. The van der Waals surface area contributed by atoms with E-state index in [9.17, 15) is 9.90 Å². The average molecular weight is 330 g/mol. The lowest BCUT2D eigenvalue weighted by atomic mass is 9.78. The van der Waals surface area contributed by atoms with Crippen molar-refractivity contribution in [2.45, 2.75) is 68.7 Å². The summed E-state index contributed by atoms with van der Waals surface area (Å²) in [7, 11) is 0. The molecule has 1 unspecified atom stereocenters. The van der Waals surface area contributed by atoms with Crippen LogP contribution in [0.2, 0.25) is 0 Å². The molecule has 4 fully saturated rings. The number of carbonyl (C=O) groups is 1. The van der Waals surface area contributed by atoms with Crippen molar-refractivity contribution in [1.82, 2.24) is 14.5 Å². The first-order chi connectivity index (χ1) is 11.3. The molecule has 5 rings (SSSR count). The number of aliphatic hydroxyl groups is 1. The van der Waals surface area contributed by atoms with Gasteiger partial charge in [0.15, 0.2) is 5.54 Å². The Hall–Kier alpha value is -1.73. The van der Waals surface area contributed by atoms with Gasteiger partial charge in [0.05, 0.1) is 6.20 Å². The maximum absolute atomic E-state index is 11.8. The first-order valence-electron chi connectivity index (χ1n) is 8.90. The summed E-state index contributed by atoms with van der Waals surface area (Å²) in [6, 6.07) is 0. The van der Waals surface area contributed by atoms with Gasteiger partial charge in [-0.05, 0) is 26.2 Å². The van der Waals surface area contributed by atoms with E-state index in [2.05, 4.69) is 17.2 Å². The molecule has 7 heteroatoms. The average Bonchev–Trinajstić information content (AvgIpc) is 3.05. The minimum absolute atomic E-state index is 0.0344. The van der Waals surface area contributed by atoms with Crippen LogP contribution in [0.1, 0.15) is 62.2 Å². The molecule has 3 aliphatic heterocycles. The fourth-order valence-electron chi connectivity index (χ4n) is 5.45. The van der Waals surface area contributed by atoms with Crippen LogP contribution in [0.5, 0.6) is 0 Å². The molecule has 7 nitrogen and oxygen atoms in total. The number of nitrogens with two attached hydrogens (primary N) is 1. The predicted octanol–water partition coefficient (Wildman–Crippen LogP) is 1.27. The van der Waals surface area contributed by atoms with Crippen LogP contribution in [0.15, 0.2) is 6.20 Å². The predicted molar refractivity (Wildman–Crippen MR) is 89.2 cm³/mol. The van der Waals surface area contributed by atoms with E-state index in [-0.39, 0.29) is 11.1 Å². The summed E-state index contributed by atoms with van der Waals surface area (Å²) < 4.78 is 0.491. The zero-order valence-corrected chi connectivity index (χ0v) is 14.0. The zero-order valence-electron chi connectivity index (χ0n) is 14.0. The third-order valence-corrected chi connectivity index (χ3v) is 7.19. The second kappa shape index (κ2) is 4.08. The maximum atomic E-state index is 11.8. The quantitative estimate of drug-likeness (QED) is 0.570. The summed E-state index contributed by atoms with van der Waals surface area (Å²) in [5.74, 6) is 0.651. The number of nitrogens with one attached hydrogen (secondary N) is 1.